The number of rotatable bonds is 3. The fourth-order valence-electron chi connectivity index (χ4n) is 3.01. The van der Waals surface area contributed by atoms with Crippen LogP contribution in [0.5, 0.6) is 0 Å². The zero-order chi connectivity index (χ0) is 12.4. The molecule has 0 bridgehead atoms. The highest BCUT2D eigenvalue weighted by atomic mass is 16.4. The van der Waals surface area contributed by atoms with Gasteiger partial charge in [-0.3, -0.25) is 0 Å². The number of benzene rings is 1. The van der Waals surface area contributed by atoms with E-state index in [9.17, 15) is 9.90 Å². The molecule has 2 rings (SSSR count). The summed E-state index contributed by atoms with van der Waals surface area (Å²) >= 11 is 0. The van der Waals surface area contributed by atoms with Gasteiger partial charge in [-0.2, -0.15) is 0 Å². The summed E-state index contributed by atoms with van der Waals surface area (Å²) in [4.78, 5) is 11.3. The predicted molar refractivity (Wildman–Crippen MR) is 68.1 cm³/mol. The Morgan fingerprint density at radius 1 is 1.47 bits per heavy atom. The Hall–Kier alpha value is -1.57. The number of aliphatic carboxylic acids is 1. The Kier molecular flexibility index (Phi) is 3.32. The second kappa shape index (κ2) is 4.74. The molecule has 2 unspecified atom stereocenters. The van der Waals surface area contributed by atoms with Crippen LogP contribution in [0.1, 0.15) is 37.3 Å². The zero-order valence-corrected chi connectivity index (χ0v) is 10.3. The summed E-state index contributed by atoms with van der Waals surface area (Å²) in [6.07, 6.45) is 3.61. The van der Waals surface area contributed by atoms with Crippen LogP contribution in [0, 0.1) is 5.92 Å². The topological polar surface area (TPSA) is 37.3 Å². The molecule has 1 aliphatic rings. The first-order chi connectivity index (χ1) is 8.19. The van der Waals surface area contributed by atoms with Crippen LogP contribution >= 0.6 is 0 Å². The highest BCUT2D eigenvalue weighted by Crippen LogP contribution is 2.43. The van der Waals surface area contributed by atoms with Crippen LogP contribution in [-0.4, -0.2) is 11.1 Å². The van der Waals surface area contributed by atoms with Crippen LogP contribution in [0.15, 0.2) is 35.9 Å². The maximum atomic E-state index is 11.3. The smallest absolute Gasteiger partial charge is 0.331 e. The molecule has 0 saturated carbocycles. The average molecular weight is 230 g/mol. The van der Waals surface area contributed by atoms with Gasteiger partial charge < -0.3 is 5.11 Å². The molecule has 90 valence electrons. The van der Waals surface area contributed by atoms with Gasteiger partial charge in [-0.1, -0.05) is 37.3 Å². The van der Waals surface area contributed by atoms with Crippen molar-refractivity contribution in [1.29, 1.82) is 0 Å². The first-order valence-electron chi connectivity index (χ1n) is 6.16. The van der Waals surface area contributed by atoms with Gasteiger partial charge in [0.15, 0.2) is 0 Å². The fourth-order valence-corrected chi connectivity index (χ4v) is 3.01. The van der Waals surface area contributed by atoms with Crippen LogP contribution in [0.4, 0.5) is 0 Å². The Balaban J connectivity index is 2.38. The van der Waals surface area contributed by atoms with E-state index in [-0.39, 0.29) is 5.92 Å². The van der Waals surface area contributed by atoms with Gasteiger partial charge >= 0.3 is 5.97 Å². The quantitative estimate of drug-likeness (QED) is 0.808. The van der Waals surface area contributed by atoms with Gasteiger partial charge in [0.2, 0.25) is 0 Å². The molecule has 0 radical (unpaired) electrons. The van der Waals surface area contributed by atoms with Gasteiger partial charge in [0.25, 0.3) is 0 Å². The van der Waals surface area contributed by atoms with Crippen molar-refractivity contribution in [2.45, 2.75) is 32.6 Å². The van der Waals surface area contributed by atoms with Gasteiger partial charge in [-0.25, -0.2) is 4.79 Å². The molecule has 1 aromatic rings. The third-order valence-corrected chi connectivity index (χ3v) is 3.78. The molecule has 0 amide bonds. The highest BCUT2D eigenvalue weighted by Gasteiger charge is 2.35. The molecule has 17 heavy (non-hydrogen) atoms. The van der Waals surface area contributed by atoms with E-state index in [0.29, 0.717) is 11.5 Å². The van der Waals surface area contributed by atoms with Crippen LogP contribution < -0.4 is 0 Å². The molecule has 1 aliphatic carbocycles. The lowest BCUT2D eigenvalue weighted by atomic mass is 9.84. The van der Waals surface area contributed by atoms with Crippen LogP contribution in [0.3, 0.4) is 0 Å². The molecular formula is C15H18O2. The number of carboxylic acid groups (broad SMARTS) is 1. The maximum absolute atomic E-state index is 11.3. The summed E-state index contributed by atoms with van der Waals surface area (Å²) in [5.41, 5.74) is 3.21. The molecule has 2 atom stereocenters. The van der Waals surface area contributed by atoms with Crippen molar-refractivity contribution in [2.75, 3.05) is 0 Å². The second-order valence-corrected chi connectivity index (χ2v) is 4.57. The van der Waals surface area contributed by atoms with Crippen molar-refractivity contribution in [3.8, 4) is 0 Å². The van der Waals surface area contributed by atoms with E-state index in [2.05, 4.69) is 19.1 Å². The summed E-state index contributed by atoms with van der Waals surface area (Å²) in [5, 5.41) is 9.26. The SMILES string of the molecule is CC=C(C(=O)O)C1Cc2ccccc2C1CC. The lowest BCUT2D eigenvalue weighted by Crippen LogP contribution is -2.16. The molecule has 0 saturated heterocycles. The van der Waals surface area contributed by atoms with Gasteiger partial charge in [0.05, 0.1) is 0 Å². The first kappa shape index (κ1) is 11.9. The van der Waals surface area contributed by atoms with E-state index in [4.69, 9.17) is 0 Å². The number of carbonyl (C=O) groups is 1. The number of fused-ring (bicyclic) bond motifs is 1. The van der Waals surface area contributed by atoms with Crippen LogP contribution in [0.2, 0.25) is 0 Å². The molecule has 2 nitrogen and oxygen atoms in total. The third kappa shape index (κ3) is 1.99. The summed E-state index contributed by atoms with van der Waals surface area (Å²) in [5.74, 6) is -0.280. The monoisotopic (exact) mass is 230 g/mol. The normalized spacial score (nSPS) is 23.5. The number of allylic oxidation sites excluding steroid dienone is 1. The lowest BCUT2D eigenvalue weighted by molar-refractivity contribution is -0.133. The van der Waals surface area contributed by atoms with E-state index < -0.39 is 5.97 Å². The summed E-state index contributed by atoms with van der Waals surface area (Å²) < 4.78 is 0. The third-order valence-electron chi connectivity index (χ3n) is 3.78. The Labute approximate surface area is 102 Å². The lowest BCUT2D eigenvalue weighted by Gasteiger charge is -2.19. The standard InChI is InChI=1S/C15H18O2/c1-3-11-13-8-6-5-7-10(13)9-14(11)12(4-2)15(16)17/h4-8,11,14H,3,9H2,1-2H3,(H,16,17). The number of hydrogen-bond donors (Lipinski definition) is 1. The summed E-state index contributed by atoms with van der Waals surface area (Å²) in [6, 6.07) is 8.33. The van der Waals surface area contributed by atoms with Gasteiger partial charge in [-0.15, -0.1) is 0 Å². The Morgan fingerprint density at radius 3 is 2.76 bits per heavy atom. The molecule has 0 spiro atoms. The van der Waals surface area contributed by atoms with Crippen molar-refractivity contribution < 1.29 is 9.90 Å². The molecule has 0 aliphatic heterocycles. The van der Waals surface area contributed by atoms with E-state index in [0.717, 1.165) is 12.8 Å². The Bertz CT molecular complexity index is 460. The fraction of sp³-hybridized carbons (Fsp3) is 0.400. The minimum absolute atomic E-state index is 0.139. The van der Waals surface area contributed by atoms with Gasteiger partial charge in [0, 0.05) is 11.5 Å². The highest BCUT2D eigenvalue weighted by molar-refractivity contribution is 5.87. The van der Waals surface area contributed by atoms with E-state index in [1.165, 1.54) is 11.1 Å². The minimum atomic E-state index is -0.774. The minimum Gasteiger partial charge on any atom is -0.478 e. The first-order valence-corrected chi connectivity index (χ1v) is 6.16. The van der Waals surface area contributed by atoms with Crippen molar-refractivity contribution in [2.24, 2.45) is 5.92 Å². The molecule has 1 N–H and O–H groups in total. The maximum Gasteiger partial charge on any atom is 0.331 e. The Morgan fingerprint density at radius 2 is 2.18 bits per heavy atom. The molecule has 0 fully saturated rings. The van der Waals surface area contributed by atoms with Crippen molar-refractivity contribution in [1.82, 2.24) is 0 Å². The summed E-state index contributed by atoms with van der Waals surface area (Å²) in [6.45, 7) is 3.95. The second-order valence-electron chi connectivity index (χ2n) is 4.57. The van der Waals surface area contributed by atoms with E-state index >= 15 is 0 Å². The van der Waals surface area contributed by atoms with E-state index in [1.807, 2.05) is 19.1 Å². The summed E-state index contributed by atoms with van der Waals surface area (Å²) in [7, 11) is 0. The average Bonchev–Trinajstić information content (AvgIpc) is 2.67. The largest absolute Gasteiger partial charge is 0.478 e. The van der Waals surface area contributed by atoms with E-state index in [1.54, 1.807) is 6.08 Å². The van der Waals surface area contributed by atoms with Crippen molar-refractivity contribution in [3.63, 3.8) is 0 Å². The van der Waals surface area contributed by atoms with Crippen LogP contribution in [0.25, 0.3) is 0 Å². The molecule has 2 heteroatoms. The molecule has 0 aromatic heterocycles. The number of carboxylic acids is 1. The van der Waals surface area contributed by atoms with Crippen molar-refractivity contribution >= 4 is 5.97 Å². The zero-order valence-electron chi connectivity index (χ0n) is 10.3. The molecular weight excluding hydrogens is 212 g/mol. The molecule has 0 heterocycles. The predicted octanol–water partition coefficient (Wildman–Crippen LogP) is 3.38. The van der Waals surface area contributed by atoms with Crippen molar-refractivity contribution in [3.05, 3.63) is 47.0 Å². The van der Waals surface area contributed by atoms with Gasteiger partial charge in [-0.05, 0) is 36.8 Å². The van der Waals surface area contributed by atoms with Crippen LogP contribution in [-0.2, 0) is 11.2 Å². The van der Waals surface area contributed by atoms with Gasteiger partial charge in [0.1, 0.15) is 0 Å². The molecule has 1 aromatic carbocycles. The number of hydrogen-bond acceptors (Lipinski definition) is 1.